The van der Waals surface area contributed by atoms with E-state index in [0.717, 1.165) is 59.5 Å². The van der Waals surface area contributed by atoms with Crippen molar-refractivity contribution < 1.29 is 4.79 Å². The zero-order valence-electron chi connectivity index (χ0n) is 16.2. The smallest absolute Gasteiger partial charge is 0.251 e. The first-order valence-electron chi connectivity index (χ1n) is 10.1. The molecule has 1 saturated heterocycles. The summed E-state index contributed by atoms with van der Waals surface area (Å²) < 4.78 is 1.24. The summed E-state index contributed by atoms with van der Waals surface area (Å²) in [6.07, 6.45) is 2.15. The van der Waals surface area contributed by atoms with Gasteiger partial charge in [-0.05, 0) is 47.7 Å². The van der Waals surface area contributed by atoms with E-state index in [1.807, 2.05) is 48.5 Å². The van der Waals surface area contributed by atoms with Gasteiger partial charge < -0.3 is 10.2 Å². The summed E-state index contributed by atoms with van der Waals surface area (Å²) in [6.45, 7) is 2.72. The molecule has 1 fully saturated rings. The Bertz CT molecular complexity index is 1120. The lowest BCUT2D eigenvalue weighted by Gasteiger charge is -2.31. The number of nitrogens with one attached hydrogen (secondary N) is 1. The van der Waals surface area contributed by atoms with Gasteiger partial charge in [0.2, 0.25) is 0 Å². The molecule has 1 N–H and O–H groups in total. The number of thiazole rings is 1. The minimum Gasteiger partial charge on any atom is -0.352 e. The summed E-state index contributed by atoms with van der Waals surface area (Å²) in [5.74, 6) is 0.537. The molecule has 2 heterocycles. The number of benzene rings is 3. The standard InChI is InChI=1S/C24H23N3OS/c28-23(20-9-5-7-18-6-1-2-8-19(18)20)25-16-17-12-14-27(15-13-17)24-26-21-10-3-4-11-22(21)29-24/h1-11,17H,12-16H2,(H,25,28). The number of amides is 1. The Hall–Kier alpha value is -2.92. The lowest BCUT2D eigenvalue weighted by Crippen LogP contribution is -2.38. The zero-order valence-corrected chi connectivity index (χ0v) is 17.0. The fourth-order valence-corrected chi connectivity index (χ4v) is 5.10. The third-order valence-electron chi connectivity index (χ3n) is 5.75. The van der Waals surface area contributed by atoms with E-state index in [-0.39, 0.29) is 5.91 Å². The normalized spacial score (nSPS) is 15.1. The van der Waals surface area contributed by atoms with E-state index in [0.29, 0.717) is 5.92 Å². The first-order chi connectivity index (χ1) is 14.3. The average molecular weight is 402 g/mol. The van der Waals surface area contributed by atoms with Crippen LogP contribution in [0.15, 0.2) is 66.7 Å². The number of nitrogens with zero attached hydrogens (tertiary/aromatic N) is 2. The highest BCUT2D eigenvalue weighted by molar-refractivity contribution is 7.22. The second-order valence-electron chi connectivity index (χ2n) is 7.63. The van der Waals surface area contributed by atoms with Crippen LogP contribution in [-0.2, 0) is 0 Å². The molecule has 0 spiro atoms. The molecule has 0 atom stereocenters. The topological polar surface area (TPSA) is 45.2 Å². The molecule has 1 aliphatic rings. The van der Waals surface area contributed by atoms with Gasteiger partial charge in [-0.25, -0.2) is 4.98 Å². The molecule has 3 aromatic carbocycles. The fourth-order valence-electron chi connectivity index (χ4n) is 4.08. The first-order valence-corrected chi connectivity index (χ1v) is 11.0. The second kappa shape index (κ2) is 7.84. The minimum atomic E-state index is 0.0235. The molecule has 0 aliphatic carbocycles. The van der Waals surface area contributed by atoms with Crippen molar-refractivity contribution in [1.82, 2.24) is 10.3 Å². The molecule has 0 radical (unpaired) electrons. The van der Waals surface area contributed by atoms with Gasteiger partial charge in [0.15, 0.2) is 5.13 Å². The van der Waals surface area contributed by atoms with Gasteiger partial charge >= 0.3 is 0 Å². The van der Waals surface area contributed by atoms with Crippen molar-refractivity contribution >= 4 is 43.4 Å². The van der Waals surface area contributed by atoms with Crippen LogP contribution in [0.2, 0.25) is 0 Å². The molecule has 4 aromatic rings. The molecule has 5 rings (SSSR count). The van der Waals surface area contributed by atoms with E-state index >= 15 is 0 Å². The molecule has 1 aliphatic heterocycles. The Morgan fingerprint density at radius 1 is 1.00 bits per heavy atom. The maximum absolute atomic E-state index is 12.8. The highest BCUT2D eigenvalue weighted by Gasteiger charge is 2.22. The quantitative estimate of drug-likeness (QED) is 0.518. The Labute approximate surface area is 174 Å². The number of fused-ring (bicyclic) bond motifs is 2. The SMILES string of the molecule is O=C(NCC1CCN(c2nc3ccccc3s2)CC1)c1cccc2ccccc12. The number of anilines is 1. The molecule has 0 bridgehead atoms. The van der Waals surface area contributed by atoms with Crippen LogP contribution in [0.25, 0.3) is 21.0 Å². The Kier molecular flexibility index (Phi) is 4.90. The molecule has 0 saturated carbocycles. The van der Waals surface area contributed by atoms with Gasteiger partial charge in [-0.1, -0.05) is 59.9 Å². The van der Waals surface area contributed by atoms with Crippen LogP contribution in [0.1, 0.15) is 23.2 Å². The van der Waals surface area contributed by atoms with Crippen molar-refractivity contribution in [2.45, 2.75) is 12.8 Å². The number of aromatic nitrogens is 1. The van der Waals surface area contributed by atoms with Gasteiger partial charge in [0, 0.05) is 25.2 Å². The van der Waals surface area contributed by atoms with Crippen LogP contribution in [0.5, 0.6) is 0 Å². The van der Waals surface area contributed by atoms with Crippen LogP contribution in [-0.4, -0.2) is 30.5 Å². The van der Waals surface area contributed by atoms with E-state index in [9.17, 15) is 4.79 Å². The van der Waals surface area contributed by atoms with Crippen molar-refractivity contribution in [3.63, 3.8) is 0 Å². The number of rotatable bonds is 4. The highest BCUT2D eigenvalue weighted by Crippen LogP contribution is 2.31. The van der Waals surface area contributed by atoms with Crippen molar-refractivity contribution in [2.75, 3.05) is 24.5 Å². The number of hydrogen-bond donors (Lipinski definition) is 1. The summed E-state index contributed by atoms with van der Waals surface area (Å²) in [4.78, 5) is 19.9. The van der Waals surface area contributed by atoms with Gasteiger partial charge in [-0.15, -0.1) is 0 Å². The lowest BCUT2D eigenvalue weighted by molar-refractivity contribution is 0.0946. The van der Waals surface area contributed by atoms with Gasteiger partial charge in [0.25, 0.3) is 5.91 Å². The van der Waals surface area contributed by atoms with Crippen LogP contribution < -0.4 is 10.2 Å². The van der Waals surface area contributed by atoms with E-state index in [1.54, 1.807) is 11.3 Å². The minimum absolute atomic E-state index is 0.0235. The summed E-state index contributed by atoms with van der Waals surface area (Å²) in [6, 6.07) is 22.3. The molecule has 4 nitrogen and oxygen atoms in total. The third-order valence-corrected chi connectivity index (χ3v) is 6.85. The van der Waals surface area contributed by atoms with Gasteiger partial charge in [0.1, 0.15) is 0 Å². The Morgan fingerprint density at radius 3 is 2.62 bits per heavy atom. The highest BCUT2D eigenvalue weighted by atomic mass is 32.1. The second-order valence-corrected chi connectivity index (χ2v) is 8.64. The van der Waals surface area contributed by atoms with Crippen LogP contribution in [0.4, 0.5) is 5.13 Å². The summed E-state index contributed by atoms with van der Waals surface area (Å²) in [5.41, 5.74) is 1.84. The molecule has 5 heteroatoms. The van der Waals surface area contributed by atoms with Crippen LogP contribution in [0.3, 0.4) is 0 Å². The number of para-hydroxylation sites is 1. The molecule has 1 aromatic heterocycles. The molecule has 146 valence electrons. The first kappa shape index (κ1) is 18.1. The summed E-state index contributed by atoms with van der Waals surface area (Å²) >= 11 is 1.77. The van der Waals surface area contributed by atoms with Crippen LogP contribution in [0, 0.1) is 5.92 Å². The van der Waals surface area contributed by atoms with Crippen LogP contribution >= 0.6 is 11.3 Å². The van der Waals surface area contributed by atoms with E-state index in [4.69, 9.17) is 4.98 Å². The summed E-state index contributed by atoms with van der Waals surface area (Å²) in [5, 5.41) is 6.40. The zero-order chi connectivity index (χ0) is 19.6. The molecular weight excluding hydrogens is 378 g/mol. The van der Waals surface area contributed by atoms with Crippen molar-refractivity contribution in [3.05, 3.63) is 72.3 Å². The van der Waals surface area contributed by atoms with Crippen molar-refractivity contribution in [1.29, 1.82) is 0 Å². The van der Waals surface area contributed by atoms with Crippen molar-refractivity contribution in [2.24, 2.45) is 5.92 Å². The molecule has 29 heavy (non-hydrogen) atoms. The van der Waals surface area contributed by atoms with Crippen molar-refractivity contribution in [3.8, 4) is 0 Å². The number of carbonyl (C=O) groups excluding carboxylic acids is 1. The van der Waals surface area contributed by atoms with Gasteiger partial charge in [-0.3, -0.25) is 4.79 Å². The molecule has 0 unspecified atom stereocenters. The summed E-state index contributed by atoms with van der Waals surface area (Å²) in [7, 11) is 0. The lowest BCUT2D eigenvalue weighted by atomic mass is 9.96. The maximum Gasteiger partial charge on any atom is 0.251 e. The number of carbonyl (C=O) groups is 1. The number of hydrogen-bond acceptors (Lipinski definition) is 4. The maximum atomic E-state index is 12.8. The molecule has 1 amide bonds. The largest absolute Gasteiger partial charge is 0.352 e. The van der Waals surface area contributed by atoms with E-state index in [1.165, 1.54) is 4.70 Å². The predicted octanol–water partition coefficient (Wildman–Crippen LogP) is 5.10. The van der Waals surface area contributed by atoms with Gasteiger partial charge in [0.05, 0.1) is 10.2 Å². The average Bonchev–Trinajstić information content (AvgIpc) is 3.22. The van der Waals surface area contributed by atoms with E-state index < -0.39 is 0 Å². The predicted molar refractivity (Wildman–Crippen MR) is 121 cm³/mol. The fraction of sp³-hybridized carbons (Fsp3) is 0.250. The monoisotopic (exact) mass is 401 g/mol. The number of piperidine rings is 1. The molecular formula is C24H23N3OS. The Balaban J connectivity index is 1.19. The van der Waals surface area contributed by atoms with Gasteiger partial charge in [-0.2, -0.15) is 0 Å². The van der Waals surface area contributed by atoms with E-state index in [2.05, 4.69) is 28.4 Å². The third kappa shape index (κ3) is 3.70. The Morgan fingerprint density at radius 2 is 1.76 bits per heavy atom.